The summed E-state index contributed by atoms with van der Waals surface area (Å²) in [6, 6.07) is 5.15. The molecule has 0 bridgehead atoms. The second-order valence-electron chi connectivity index (χ2n) is 6.72. The minimum Gasteiger partial charge on any atom is -0.355 e. The van der Waals surface area contributed by atoms with Crippen LogP contribution < -0.4 is 10.6 Å². The Morgan fingerprint density at radius 2 is 1.96 bits per heavy atom. The van der Waals surface area contributed by atoms with Crippen LogP contribution in [0.5, 0.6) is 0 Å². The molecule has 1 heterocycles. The molecule has 2 amide bonds. The van der Waals surface area contributed by atoms with E-state index >= 15 is 0 Å². The molecule has 1 saturated heterocycles. The summed E-state index contributed by atoms with van der Waals surface area (Å²) in [4.78, 5) is 23.3. The van der Waals surface area contributed by atoms with E-state index in [2.05, 4.69) is 10.6 Å². The number of nitrogens with one attached hydrogen (secondary N) is 2. The van der Waals surface area contributed by atoms with Gasteiger partial charge in [-0.1, -0.05) is 32.0 Å². The third-order valence-electron chi connectivity index (χ3n) is 4.31. The monoisotopic (exact) mass is 342 g/mol. The number of carbonyl (C=O) groups excluding carboxylic acids is 2. The molecule has 0 unspecified atom stereocenters. The maximum Gasteiger partial charge on any atom is 0.416 e. The molecule has 1 aromatic rings. The predicted octanol–water partition coefficient (Wildman–Crippen LogP) is 2.63. The first-order valence-corrected chi connectivity index (χ1v) is 7.82. The molecule has 2 rings (SSSR count). The smallest absolute Gasteiger partial charge is 0.355 e. The number of hydrogen-bond acceptors (Lipinski definition) is 2. The number of halogens is 3. The molecule has 0 aliphatic carbocycles. The average Bonchev–Trinajstić information content (AvgIpc) is 2.53. The first-order valence-electron chi connectivity index (χ1n) is 7.82. The second kappa shape index (κ2) is 6.83. The van der Waals surface area contributed by atoms with Gasteiger partial charge in [0.05, 0.1) is 11.5 Å². The van der Waals surface area contributed by atoms with Gasteiger partial charge in [-0.15, -0.1) is 0 Å². The van der Waals surface area contributed by atoms with Gasteiger partial charge in [0.1, 0.15) is 0 Å². The highest BCUT2D eigenvalue weighted by atomic mass is 19.4. The lowest BCUT2D eigenvalue weighted by molar-refractivity contribution is -0.137. The number of piperidine rings is 1. The number of hydrogen-bond donors (Lipinski definition) is 2. The van der Waals surface area contributed by atoms with Gasteiger partial charge in [0.15, 0.2) is 0 Å². The molecule has 1 fully saturated rings. The van der Waals surface area contributed by atoms with Gasteiger partial charge >= 0.3 is 6.18 Å². The minimum atomic E-state index is -4.39. The van der Waals surface area contributed by atoms with E-state index in [9.17, 15) is 22.8 Å². The SMILES string of the molecule is CC(C)(CNC(=O)[C@@H]1CCC(=O)NC1)c1cccc(C(F)(F)F)c1. The highest BCUT2D eigenvalue weighted by Gasteiger charge is 2.32. The number of alkyl halides is 3. The van der Waals surface area contributed by atoms with Crippen LogP contribution in [-0.2, 0) is 21.2 Å². The lowest BCUT2D eigenvalue weighted by atomic mass is 9.83. The summed E-state index contributed by atoms with van der Waals surface area (Å²) in [6.45, 7) is 4.09. The fraction of sp³-hybridized carbons (Fsp3) is 0.529. The van der Waals surface area contributed by atoms with E-state index in [1.807, 2.05) is 0 Å². The van der Waals surface area contributed by atoms with Gasteiger partial charge in [-0.3, -0.25) is 9.59 Å². The second-order valence-corrected chi connectivity index (χ2v) is 6.72. The highest BCUT2D eigenvalue weighted by Crippen LogP contribution is 2.32. The lowest BCUT2D eigenvalue weighted by Crippen LogP contribution is -2.45. The first kappa shape index (κ1) is 18.3. The Morgan fingerprint density at radius 3 is 2.54 bits per heavy atom. The van der Waals surface area contributed by atoms with Crippen LogP contribution >= 0.6 is 0 Å². The fourth-order valence-corrected chi connectivity index (χ4v) is 2.63. The standard InChI is InChI=1S/C17H21F3N2O2/c1-16(2,12-4-3-5-13(8-12)17(18,19)20)10-22-15(24)11-6-7-14(23)21-9-11/h3-5,8,11H,6-7,9-10H2,1-2H3,(H,21,23)(H,22,24)/t11-/m1/s1. The van der Waals surface area contributed by atoms with Crippen molar-refractivity contribution in [3.8, 4) is 0 Å². The molecule has 0 saturated carbocycles. The van der Waals surface area contributed by atoms with Crippen molar-refractivity contribution in [2.24, 2.45) is 5.92 Å². The van der Waals surface area contributed by atoms with Crippen LogP contribution in [0.15, 0.2) is 24.3 Å². The molecule has 1 aromatic carbocycles. The van der Waals surface area contributed by atoms with Crippen LogP contribution in [0.25, 0.3) is 0 Å². The topological polar surface area (TPSA) is 58.2 Å². The summed E-state index contributed by atoms with van der Waals surface area (Å²) in [5.74, 6) is -0.543. The van der Waals surface area contributed by atoms with E-state index < -0.39 is 17.2 Å². The minimum absolute atomic E-state index is 0.0663. The summed E-state index contributed by atoms with van der Waals surface area (Å²) in [5, 5.41) is 5.43. The molecule has 24 heavy (non-hydrogen) atoms. The van der Waals surface area contributed by atoms with Crippen LogP contribution in [0.4, 0.5) is 13.2 Å². The summed E-state index contributed by atoms with van der Waals surface area (Å²) < 4.78 is 38.5. The van der Waals surface area contributed by atoms with Crippen LogP contribution in [0.1, 0.15) is 37.8 Å². The van der Waals surface area contributed by atoms with E-state index in [1.54, 1.807) is 19.9 Å². The Balaban J connectivity index is 2.00. The van der Waals surface area contributed by atoms with Crippen molar-refractivity contribution < 1.29 is 22.8 Å². The van der Waals surface area contributed by atoms with Crippen LogP contribution in [-0.4, -0.2) is 24.9 Å². The van der Waals surface area contributed by atoms with Crippen LogP contribution in [0.3, 0.4) is 0 Å². The third kappa shape index (κ3) is 4.49. The van der Waals surface area contributed by atoms with Crippen molar-refractivity contribution in [1.82, 2.24) is 10.6 Å². The fourth-order valence-electron chi connectivity index (χ4n) is 2.63. The molecule has 1 atom stereocenters. The Morgan fingerprint density at radius 1 is 1.29 bits per heavy atom. The number of amides is 2. The van der Waals surface area contributed by atoms with Gasteiger partial charge < -0.3 is 10.6 Å². The van der Waals surface area contributed by atoms with Gasteiger partial charge in [0.2, 0.25) is 11.8 Å². The van der Waals surface area contributed by atoms with Gasteiger partial charge in [-0.2, -0.15) is 13.2 Å². The maximum absolute atomic E-state index is 12.8. The summed E-state index contributed by atoms with van der Waals surface area (Å²) in [5.41, 5.74) is -0.835. The van der Waals surface area contributed by atoms with Crippen molar-refractivity contribution in [2.75, 3.05) is 13.1 Å². The summed E-state index contributed by atoms with van der Waals surface area (Å²) in [6.07, 6.45) is -3.59. The summed E-state index contributed by atoms with van der Waals surface area (Å²) >= 11 is 0. The molecule has 132 valence electrons. The molecule has 4 nitrogen and oxygen atoms in total. The number of rotatable bonds is 4. The van der Waals surface area contributed by atoms with E-state index in [0.29, 0.717) is 24.9 Å². The Labute approximate surface area is 138 Å². The molecule has 0 radical (unpaired) electrons. The quantitative estimate of drug-likeness (QED) is 0.884. The average molecular weight is 342 g/mol. The molecule has 2 N–H and O–H groups in total. The van der Waals surface area contributed by atoms with Gasteiger partial charge in [0.25, 0.3) is 0 Å². The zero-order valence-electron chi connectivity index (χ0n) is 13.7. The van der Waals surface area contributed by atoms with Crippen molar-refractivity contribution in [2.45, 2.75) is 38.3 Å². The highest BCUT2D eigenvalue weighted by molar-refractivity contribution is 5.83. The molecule has 1 aliphatic rings. The zero-order valence-corrected chi connectivity index (χ0v) is 13.7. The lowest BCUT2D eigenvalue weighted by Gasteiger charge is -2.28. The van der Waals surface area contributed by atoms with Gasteiger partial charge in [-0.05, 0) is 18.1 Å². The largest absolute Gasteiger partial charge is 0.416 e. The molecule has 0 aromatic heterocycles. The van der Waals surface area contributed by atoms with E-state index in [1.165, 1.54) is 6.07 Å². The Hall–Kier alpha value is -2.05. The maximum atomic E-state index is 12.8. The normalized spacial score (nSPS) is 18.9. The van der Waals surface area contributed by atoms with Gasteiger partial charge in [0, 0.05) is 24.9 Å². The molecular weight excluding hydrogens is 321 g/mol. The molecule has 7 heteroatoms. The first-order chi connectivity index (χ1) is 11.1. The molecular formula is C17H21F3N2O2. The van der Waals surface area contributed by atoms with Crippen LogP contribution in [0, 0.1) is 5.92 Å². The third-order valence-corrected chi connectivity index (χ3v) is 4.31. The Bertz CT molecular complexity index is 617. The van der Waals surface area contributed by atoms with Gasteiger partial charge in [-0.25, -0.2) is 0 Å². The van der Waals surface area contributed by atoms with E-state index in [-0.39, 0.29) is 24.3 Å². The number of carbonyl (C=O) groups is 2. The zero-order chi connectivity index (χ0) is 18.0. The van der Waals surface area contributed by atoms with Crippen molar-refractivity contribution >= 4 is 11.8 Å². The van der Waals surface area contributed by atoms with Crippen molar-refractivity contribution in [3.05, 3.63) is 35.4 Å². The van der Waals surface area contributed by atoms with Crippen LogP contribution in [0.2, 0.25) is 0 Å². The van der Waals surface area contributed by atoms with Crippen molar-refractivity contribution in [1.29, 1.82) is 0 Å². The number of benzene rings is 1. The molecule has 1 aliphatic heterocycles. The predicted molar refractivity (Wildman–Crippen MR) is 83.2 cm³/mol. The van der Waals surface area contributed by atoms with E-state index in [4.69, 9.17) is 0 Å². The Kier molecular flexibility index (Phi) is 5.20. The summed E-state index contributed by atoms with van der Waals surface area (Å²) in [7, 11) is 0. The van der Waals surface area contributed by atoms with E-state index in [0.717, 1.165) is 12.1 Å². The van der Waals surface area contributed by atoms with Crippen molar-refractivity contribution in [3.63, 3.8) is 0 Å². The molecule has 0 spiro atoms.